The van der Waals surface area contributed by atoms with E-state index in [-0.39, 0.29) is 30.3 Å². The lowest BCUT2D eigenvalue weighted by atomic mass is 10.0. The van der Waals surface area contributed by atoms with Crippen LogP contribution in [0.25, 0.3) is 5.57 Å². The van der Waals surface area contributed by atoms with Crippen molar-refractivity contribution in [1.29, 1.82) is 0 Å². The number of benzene rings is 2. The van der Waals surface area contributed by atoms with Crippen LogP contribution in [0.5, 0.6) is 11.5 Å². The molecule has 0 bridgehead atoms. The zero-order valence-electron chi connectivity index (χ0n) is 17.7. The summed E-state index contributed by atoms with van der Waals surface area (Å²) in [5, 5.41) is 3.66. The van der Waals surface area contributed by atoms with Crippen LogP contribution in [0.3, 0.4) is 0 Å². The van der Waals surface area contributed by atoms with E-state index in [2.05, 4.69) is 5.32 Å². The molecule has 0 saturated heterocycles. The largest absolute Gasteiger partial charge is 0.490 e. The predicted octanol–water partition coefficient (Wildman–Crippen LogP) is 3.98. The highest BCUT2D eigenvalue weighted by Crippen LogP contribution is 2.34. The third-order valence-corrected chi connectivity index (χ3v) is 4.88. The molecule has 3 rings (SSSR count). The van der Waals surface area contributed by atoms with Crippen LogP contribution in [-0.2, 0) is 14.3 Å². The summed E-state index contributed by atoms with van der Waals surface area (Å²) in [6.45, 7) is 5.14. The summed E-state index contributed by atoms with van der Waals surface area (Å²) in [4.78, 5) is 27.4. The van der Waals surface area contributed by atoms with Crippen LogP contribution < -0.4 is 14.8 Å². The summed E-state index contributed by atoms with van der Waals surface area (Å²) in [5.41, 5.74) is 1.67. The number of carbonyl (C=O) groups excluding carboxylic acids is 2. The molecule has 0 saturated carbocycles. The fourth-order valence-corrected chi connectivity index (χ4v) is 3.36. The number of amides is 2. The molecule has 1 aliphatic heterocycles. The highest BCUT2D eigenvalue weighted by atomic mass is 35.5. The minimum Gasteiger partial charge on any atom is -0.490 e. The average Bonchev–Trinajstić information content (AvgIpc) is 2.99. The second-order valence-electron chi connectivity index (χ2n) is 6.66. The SMILES string of the molecule is CCOc1ccc(NC2=C(c3ccc(Cl)cc3)C(=O)N(CCOC)C2=O)cc1OCC. The quantitative estimate of drug-likeness (QED) is 0.558. The fraction of sp³-hybridized carbons (Fsp3) is 0.304. The Morgan fingerprint density at radius 1 is 0.935 bits per heavy atom. The molecule has 2 aromatic carbocycles. The molecule has 0 aromatic heterocycles. The topological polar surface area (TPSA) is 77.1 Å². The van der Waals surface area contributed by atoms with E-state index in [4.69, 9.17) is 25.8 Å². The Bertz CT molecular complexity index is 988. The lowest BCUT2D eigenvalue weighted by Gasteiger charge is -2.15. The third kappa shape index (κ3) is 5.00. The number of nitrogens with zero attached hydrogens (tertiary/aromatic N) is 1. The molecule has 8 heteroatoms. The van der Waals surface area contributed by atoms with Gasteiger partial charge >= 0.3 is 0 Å². The second kappa shape index (κ2) is 10.3. The first-order valence-corrected chi connectivity index (χ1v) is 10.4. The molecule has 7 nitrogen and oxygen atoms in total. The number of ether oxygens (including phenoxy) is 3. The standard InChI is InChI=1S/C23H25ClN2O5/c1-4-30-18-11-10-17(14-19(18)31-5-2)25-21-20(15-6-8-16(24)9-7-15)22(27)26(23(21)28)12-13-29-3/h6-11,14,25H,4-5,12-13H2,1-3H3. The van der Waals surface area contributed by atoms with Crippen molar-refractivity contribution < 1.29 is 23.8 Å². The first-order valence-electron chi connectivity index (χ1n) is 10.0. The van der Waals surface area contributed by atoms with Crippen molar-refractivity contribution in [3.8, 4) is 11.5 Å². The molecule has 0 fully saturated rings. The maximum absolute atomic E-state index is 13.1. The van der Waals surface area contributed by atoms with Gasteiger partial charge in [-0.3, -0.25) is 14.5 Å². The van der Waals surface area contributed by atoms with Crippen LogP contribution in [0.4, 0.5) is 5.69 Å². The molecule has 2 aromatic rings. The molecule has 0 atom stereocenters. The first-order chi connectivity index (χ1) is 15.0. The molecule has 0 radical (unpaired) electrons. The van der Waals surface area contributed by atoms with E-state index >= 15 is 0 Å². The number of carbonyl (C=O) groups is 2. The molecular weight excluding hydrogens is 420 g/mol. The Morgan fingerprint density at radius 3 is 2.26 bits per heavy atom. The zero-order valence-corrected chi connectivity index (χ0v) is 18.5. The number of hydrogen-bond acceptors (Lipinski definition) is 6. The van der Waals surface area contributed by atoms with Gasteiger partial charge in [-0.05, 0) is 43.7 Å². The number of methoxy groups -OCH3 is 1. The van der Waals surface area contributed by atoms with Crippen LogP contribution >= 0.6 is 11.6 Å². The Labute approximate surface area is 186 Å². The van der Waals surface area contributed by atoms with Gasteiger partial charge in [0.15, 0.2) is 11.5 Å². The molecule has 2 amide bonds. The Hall–Kier alpha value is -3.03. The van der Waals surface area contributed by atoms with E-state index in [0.717, 1.165) is 0 Å². The molecule has 1 heterocycles. The molecule has 0 aliphatic carbocycles. The summed E-state index contributed by atoms with van der Waals surface area (Å²) in [6, 6.07) is 12.1. The highest BCUT2D eigenvalue weighted by molar-refractivity contribution is 6.36. The average molecular weight is 445 g/mol. The summed E-state index contributed by atoms with van der Waals surface area (Å²) < 4.78 is 16.3. The van der Waals surface area contributed by atoms with Crippen LogP contribution in [0.2, 0.25) is 5.02 Å². The van der Waals surface area contributed by atoms with Crippen molar-refractivity contribution in [1.82, 2.24) is 4.90 Å². The number of halogens is 1. The van der Waals surface area contributed by atoms with Crippen molar-refractivity contribution in [2.24, 2.45) is 0 Å². The summed E-state index contributed by atoms with van der Waals surface area (Å²) in [5.74, 6) is 0.357. The molecule has 164 valence electrons. The Balaban J connectivity index is 2.01. The summed E-state index contributed by atoms with van der Waals surface area (Å²) >= 11 is 6.00. The van der Waals surface area contributed by atoms with Crippen molar-refractivity contribution >= 4 is 34.7 Å². The van der Waals surface area contributed by atoms with Crippen LogP contribution in [0.15, 0.2) is 48.2 Å². The third-order valence-electron chi connectivity index (χ3n) is 4.63. The van der Waals surface area contributed by atoms with E-state index in [1.807, 2.05) is 13.8 Å². The van der Waals surface area contributed by atoms with E-state index in [1.165, 1.54) is 12.0 Å². The smallest absolute Gasteiger partial charge is 0.278 e. The lowest BCUT2D eigenvalue weighted by Crippen LogP contribution is -2.35. The Kier molecular flexibility index (Phi) is 7.55. The van der Waals surface area contributed by atoms with E-state index in [0.29, 0.717) is 41.0 Å². The van der Waals surface area contributed by atoms with Gasteiger partial charge in [0.05, 0.1) is 31.9 Å². The van der Waals surface area contributed by atoms with Crippen molar-refractivity contribution in [2.75, 3.05) is 38.8 Å². The highest BCUT2D eigenvalue weighted by Gasteiger charge is 2.39. The van der Waals surface area contributed by atoms with Gasteiger partial charge < -0.3 is 19.5 Å². The number of nitrogens with one attached hydrogen (secondary N) is 1. The van der Waals surface area contributed by atoms with Crippen molar-refractivity contribution in [2.45, 2.75) is 13.8 Å². The van der Waals surface area contributed by atoms with E-state index < -0.39 is 5.91 Å². The van der Waals surface area contributed by atoms with Crippen LogP contribution in [-0.4, -0.2) is 50.2 Å². The normalized spacial score (nSPS) is 13.7. The minimum atomic E-state index is -0.418. The van der Waals surface area contributed by atoms with Gasteiger partial charge in [0, 0.05) is 23.9 Å². The minimum absolute atomic E-state index is 0.157. The molecule has 0 unspecified atom stereocenters. The van der Waals surface area contributed by atoms with E-state index in [9.17, 15) is 9.59 Å². The molecule has 0 spiro atoms. The van der Waals surface area contributed by atoms with Gasteiger partial charge in [0.2, 0.25) is 0 Å². The van der Waals surface area contributed by atoms with Crippen LogP contribution in [0.1, 0.15) is 19.4 Å². The number of imide groups is 1. The molecule has 31 heavy (non-hydrogen) atoms. The Morgan fingerprint density at radius 2 is 1.61 bits per heavy atom. The lowest BCUT2D eigenvalue weighted by molar-refractivity contribution is -0.137. The van der Waals surface area contributed by atoms with Gasteiger partial charge in [-0.25, -0.2) is 0 Å². The van der Waals surface area contributed by atoms with Gasteiger partial charge in [-0.15, -0.1) is 0 Å². The molecule has 1 aliphatic rings. The molecule has 1 N–H and O–H groups in total. The predicted molar refractivity (Wildman–Crippen MR) is 119 cm³/mol. The zero-order chi connectivity index (χ0) is 22.4. The van der Waals surface area contributed by atoms with Gasteiger partial charge in [0.25, 0.3) is 11.8 Å². The maximum Gasteiger partial charge on any atom is 0.278 e. The second-order valence-corrected chi connectivity index (χ2v) is 7.10. The van der Waals surface area contributed by atoms with Gasteiger partial charge in [-0.1, -0.05) is 23.7 Å². The summed E-state index contributed by atoms with van der Waals surface area (Å²) in [6.07, 6.45) is 0. The van der Waals surface area contributed by atoms with E-state index in [1.54, 1.807) is 42.5 Å². The first kappa shape index (κ1) is 22.7. The number of rotatable bonds is 10. The van der Waals surface area contributed by atoms with Gasteiger partial charge in [-0.2, -0.15) is 0 Å². The maximum atomic E-state index is 13.1. The number of anilines is 1. The number of hydrogen-bond donors (Lipinski definition) is 1. The fourth-order valence-electron chi connectivity index (χ4n) is 3.24. The van der Waals surface area contributed by atoms with Gasteiger partial charge in [0.1, 0.15) is 5.70 Å². The summed E-state index contributed by atoms with van der Waals surface area (Å²) in [7, 11) is 1.52. The van der Waals surface area contributed by atoms with Crippen LogP contribution in [0, 0.1) is 0 Å². The monoisotopic (exact) mass is 444 g/mol. The molecular formula is C23H25ClN2O5. The van der Waals surface area contributed by atoms with Crippen molar-refractivity contribution in [3.05, 3.63) is 58.7 Å². The van der Waals surface area contributed by atoms with Crippen molar-refractivity contribution in [3.63, 3.8) is 0 Å².